The lowest BCUT2D eigenvalue weighted by Crippen LogP contribution is -2.07. The SMILES string of the molecule is Cn1cc(CNc2ncc(C(F)(F)F)cc2Cl)cn1. The fourth-order valence-electron chi connectivity index (χ4n) is 1.47. The molecule has 8 heteroatoms. The normalized spacial score (nSPS) is 11.6. The van der Waals surface area contributed by atoms with Gasteiger partial charge in [-0.05, 0) is 6.07 Å². The predicted octanol–water partition coefficient (Wildman–Crippen LogP) is 3.10. The molecule has 19 heavy (non-hydrogen) atoms. The van der Waals surface area contributed by atoms with Crippen LogP contribution in [-0.2, 0) is 19.8 Å². The summed E-state index contributed by atoms with van der Waals surface area (Å²) in [7, 11) is 1.77. The van der Waals surface area contributed by atoms with Crippen LogP contribution in [0.15, 0.2) is 24.7 Å². The van der Waals surface area contributed by atoms with Gasteiger partial charge in [-0.2, -0.15) is 18.3 Å². The summed E-state index contributed by atoms with van der Waals surface area (Å²) >= 11 is 5.76. The maximum Gasteiger partial charge on any atom is 0.417 e. The van der Waals surface area contributed by atoms with Gasteiger partial charge in [0.1, 0.15) is 5.82 Å². The summed E-state index contributed by atoms with van der Waals surface area (Å²) in [5.41, 5.74) is 0.00434. The van der Waals surface area contributed by atoms with Gasteiger partial charge in [-0.3, -0.25) is 4.68 Å². The van der Waals surface area contributed by atoms with Crippen LogP contribution in [0.2, 0.25) is 5.02 Å². The Morgan fingerprint density at radius 2 is 2.11 bits per heavy atom. The highest BCUT2D eigenvalue weighted by molar-refractivity contribution is 6.32. The summed E-state index contributed by atoms with van der Waals surface area (Å²) in [6, 6.07) is 0.847. The third-order valence-corrected chi connectivity index (χ3v) is 2.67. The van der Waals surface area contributed by atoms with E-state index in [2.05, 4.69) is 15.4 Å². The van der Waals surface area contributed by atoms with E-state index in [9.17, 15) is 13.2 Å². The van der Waals surface area contributed by atoms with Crippen molar-refractivity contribution in [1.82, 2.24) is 14.8 Å². The van der Waals surface area contributed by atoms with Crippen LogP contribution < -0.4 is 5.32 Å². The molecule has 0 atom stereocenters. The number of rotatable bonds is 3. The number of pyridine rings is 1. The first kappa shape index (κ1) is 13.7. The van der Waals surface area contributed by atoms with Crippen molar-refractivity contribution in [2.24, 2.45) is 7.05 Å². The molecule has 2 rings (SSSR count). The van der Waals surface area contributed by atoms with Crippen molar-refractivity contribution < 1.29 is 13.2 Å². The average molecular weight is 291 g/mol. The lowest BCUT2D eigenvalue weighted by atomic mass is 10.2. The van der Waals surface area contributed by atoms with Gasteiger partial charge in [-0.15, -0.1) is 0 Å². The number of nitrogens with one attached hydrogen (secondary N) is 1. The molecule has 0 amide bonds. The second-order valence-electron chi connectivity index (χ2n) is 3.93. The van der Waals surface area contributed by atoms with E-state index in [-0.39, 0.29) is 10.8 Å². The van der Waals surface area contributed by atoms with Crippen molar-refractivity contribution in [3.63, 3.8) is 0 Å². The van der Waals surface area contributed by atoms with Crippen LogP contribution in [0.25, 0.3) is 0 Å². The smallest absolute Gasteiger partial charge is 0.365 e. The van der Waals surface area contributed by atoms with Crippen molar-refractivity contribution in [1.29, 1.82) is 0 Å². The molecule has 0 aliphatic carbocycles. The molecule has 0 saturated heterocycles. The predicted molar refractivity (Wildman–Crippen MR) is 64.8 cm³/mol. The maximum atomic E-state index is 12.4. The van der Waals surface area contributed by atoms with Gasteiger partial charge in [-0.1, -0.05) is 11.6 Å². The molecule has 0 fully saturated rings. The van der Waals surface area contributed by atoms with Gasteiger partial charge in [0.25, 0.3) is 0 Å². The Labute approximate surface area is 112 Å². The zero-order valence-electron chi connectivity index (χ0n) is 9.87. The fraction of sp³-hybridized carbons (Fsp3) is 0.273. The quantitative estimate of drug-likeness (QED) is 0.944. The number of hydrogen-bond acceptors (Lipinski definition) is 3. The Morgan fingerprint density at radius 3 is 2.63 bits per heavy atom. The highest BCUT2D eigenvalue weighted by Crippen LogP contribution is 2.32. The third-order valence-electron chi connectivity index (χ3n) is 2.39. The van der Waals surface area contributed by atoms with E-state index in [1.165, 1.54) is 0 Å². The molecular formula is C11H10ClF3N4. The van der Waals surface area contributed by atoms with Crippen LogP contribution >= 0.6 is 11.6 Å². The van der Waals surface area contributed by atoms with Gasteiger partial charge in [0.05, 0.1) is 16.8 Å². The van der Waals surface area contributed by atoms with E-state index in [1.807, 2.05) is 0 Å². The fourth-order valence-corrected chi connectivity index (χ4v) is 1.71. The van der Waals surface area contributed by atoms with Crippen molar-refractivity contribution in [3.8, 4) is 0 Å². The number of halogens is 4. The molecule has 0 radical (unpaired) electrons. The number of aryl methyl sites for hydroxylation is 1. The van der Waals surface area contributed by atoms with Crippen LogP contribution in [0.3, 0.4) is 0 Å². The monoisotopic (exact) mass is 290 g/mol. The Balaban J connectivity index is 2.09. The lowest BCUT2D eigenvalue weighted by molar-refractivity contribution is -0.137. The second kappa shape index (κ2) is 5.08. The molecule has 0 bridgehead atoms. The van der Waals surface area contributed by atoms with Crippen LogP contribution in [0.1, 0.15) is 11.1 Å². The maximum absolute atomic E-state index is 12.4. The summed E-state index contributed by atoms with van der Waals surface area (Å²) in [4.78, 5) is 3.68. The first-order valence-corrected chi connectivity index (χ1v) is 5.68. The zero-order chi connectivity index (χ0) is 14.0. The molecule has 1 N–H and O–H groups in total. The molecule has 0 spiro atoms. The van der Waals surface area contributed by atoms with E-state index in [1.54, 1.807) is 24.1 Å². The van der Waals surface area contributed by atoms with Gasteiger partial charge in [0.2, 0.25) is 0 Å². The number of alkyl halides is 3. The highest BCUT2D eigenvalue weighted by atomic mass is 35.5. The molecule has 2 heterocycles. The molecule has 0 aromatic carbocycles. The summed E-state index contributed by atoms with van der Waals surface area (Å²) in [6.45, 7) is 0.381. The Morgan fingerprint density at radius 1 is 1.37 bits per heavy atom. The minimum atomic E-state index is -4.45. The summed E-state index contributed by atoms with van der Waals surface area (Å²) in [5, 5.41) is 6.76. The van der Waals surface area contributed by atoms with Crippen molar-refractivity contribution in [3.05, 3.63) is 40.8 Å². The van der Waals surface area contributed by atoms with E-state index in [4.69, 9.17) is 11.6 Å². The minimum Gasteiger partial charge on any atom is -0.365 e. The lowest BCUT2D eigenvalue weighted by Gasteiger charge is -2.10. The molecule has 2 aromatic rings. The van der Waals surface area contributed by atoms with Crippen molar-refractivity contribution in [2.75, 3.05) is 5.32 Å². The molecule has 0 aliphatic heterocycles. The zero-order valence-corrected chi connectivity index (χ0v) is 10.6. The van der Waals surface area contributed by atoms with Crippen molar-refractivity contribution in [2.45, 2.75) is 12.7 Å². The standard InChI is InChI=1S/C11H10ClF3N4/c1-19-6-7(4-18-19)3-16-10-9(12)2-8(5-17-10)11(13,14)15/h2,4-6H,3H2,1H3,(H,16,17). The molecule has 2 aromatic heterocycles. The van der Waals surface area contributed by atoms with E-state index < -0.39 is 11.7 Å². The summed E-state index contributed by atoms with van der Waals surface area (Å²) in [5.74, 6) is 0.207. The van der Waals surface area contributed by atoms with Gasteiger partial charge in [-0.25, -0.2) is 4.98 Å². The Bertz CT molecular complexity index is 580. The molecule has 4 nitrogen and oxygen atoms in total. The highest BCUT2D eigenvalue weighted by Gasteiger charge is 2.31. The molecular weight excluding hydrogens is 281 g/mol. The number of hydrogen-bond donors (Lipinski definition) is 1. The molecule has 0 aliphatic rings. The summed E-state index contributed by atoms with van der Waals surface area (Å²) < 4.78 is 38.9. The largest absolute Gasteiger partial charge is 0.417 e. The van der Waals surface area contributed by atoms with Gasteiger partial charge in [0.15, 0.2) is 0 Å². The molecule has 0 unspecified atom stereocenters. The number of nitrogens with zero attached hydrogens (tertiary/aromatic N) is 3. The van der Waals surface area contributed by atoms with E-state index >= 15 is 0 Å². The minimum absolute atomic E-state index is 0.0706. The Hall–Kier alpha value is -1.76. The van der Waals surface area contributed by atoms with Gasteiger partial charge < -0.3 is 5.32 Å². The Kier molecular flexibility index (Phi) is 3.66. The van der Waals surface area contributed by atoms with Crippen LogP contribution in [0.4, 0.5) is 19.0 Å². The van der Waals surface area contributed by atoms with Crippen LogP contribution in [0.5, 0.6) is 0 Å². The van der Waals surface area contributed by atoms with E-state index in [0.29, 0.717) is 6.54 Å². The molecule has 102 valence electrons. The average Bonchev–Trinajstić information content (AvgIpc) is 2.72. The van der Waals surface area contributed by atoms with Gasteiger partial charge >= 0.3 is 6.18 Å². The molecule has 0 saturated carbocycles. The summed E-state index contributed by atoms with van der Waals surface area (Å²) in [6.07, 6.45) is -0.272. The topological polar surface area (TPSA) is 42.7 Å². The van der Waals surface area contributed by atoms with Crippen molar-refractivity contribution >= 4 is 17.4 Å². The number of anilines is 1. The van der Waals surface area contributed by atoms with Crippen LogP contribution in [0, 0.1) is 0 Å². The number of aromatic nitrogens is 3. The van der Waals surface area contributed by atoms with E-state index in [0.717, 1.165) is 17.8 Å². The third kappa shape index (κ3) is 3.37. The van der Waals surface area contributed by atoms with Crippen LogP contribution in [-0.4, -0.2) is 14.8 Å². The van der Waals surface area contributed by atoms with Gasteiger partial charge in [0, 0.05) is 31.5 Å². The first-order valence-electron chi connectivity index (χ1n) is 5.30. The second-order valence-corrected chi connectivity index (χ2v) is 4.34. The first-order chi connectivity index (χ1) is 8.86.